The first kappa shape index (κ1) is 24.7. The molecule has 0 saturated heterocycles. The summed E-state index contributed by atoms with van der Waals surface area (Å²) in [5, 5.41) is 9.62. The number of thioether (sulfide) groups is 1. The highest BCUT2D eigenvalue weighted by Gasteiger charge is 2.16. The molecule has 2 aromatic carbocycles. The van der Waals surface area contributed by atoms with Crippen molar-refractivity contribution in [3.05, 3.63) is 53.3 Å². The molecule has 1 aromatic heterocycles. The Bertz CT molecular complexity index is 1180. The highest BCUT2D eigenvalue weighted by atomic mass is 32.2. The van der Waals surface area contributed by atoms with E-state index in [1.807, 2.05) is 0 Å². The Labute approximate surface area is 198 Å². The first-order valence-corrected chi connectivity index (χ1v) is 10.9. The van der Waals surface area contributed by atoms with Gasteiger partial charge in [-0.3, -0.25) is 9.89 Å². The van der Waals surface area contributed by atoms with E-state index in [4.69, 9.17) is 4.74 Å². The SMILES string of the molecule is CCOc1ccc(-c2nc(SCC(=O)Nc3cc(C(=O)OC)cc(C(=O)OC)c3)n[nH]2)cc1F. The second-order valence-corrected chi connectivity index (χ2v) is 7.61. The third kappa shape index (κ3) is 6.10. The smallest absolute Gasteiger partial charge is 0.337 e. The lowest BCUT2D eigenvalue weighted by molar-refractivity contribution is -0.113. The number of carbonyl (C=O) groups is 3. The Morgan fingerprint density at radius 3 is 2.32 bits per heavy atom. The predicted octanol–water partition coefficient (Wildman–Crippen LogP) is 3.31. The van der Waals surface area contributed by atoms with E-state index < -0.39 is 23.7 Å². The van der Waals surface area contributed by atoms with Crippen LogP contribution in [-0.4, -0.2) is 59.6 Å². The number of hydrogen-bond donors (Lipinski definition) is 2. The molecule has 34 heavy (non-hydrogen) atoms. The molecule has 0 unspecified atom stereocenters. The number of aromatic amines is 1. The third-order valence-corrected chi connectivity index (χ3v) is 5.21. The number of H-pyrrole nitrogens is 1. The first-order chi connectivity index (χ1) is 16.3. The van der Waals surface area contributed by atoms with Crippen molar-refractivity contribution in [2.75, 3.05) is 31.9 Å². The van der Waals surface area contributed by atoms with Gasteiger partial charge in [-0.2, -0.15) is 0 Å². The Morgan fingerprint density at radius 1 is 1.06 bits per heavy atom. The number of nitrogens with zero attached hydrogens (tertiary/aromatic N) is 2. The van der Waals surface area contributed by atoms with E-state index in [2.05, 4.69) is 30.0 Å². The highest BCUT2D eigenvalue weighted by molar-refractivity contribution is 7.99. The first-order valence-electron chi connectivity index (χ1n) is 9.94. The summed E-state index contributed by atoms with van der Waals surface area (Å²) in [5.74, 6) is -1.89. The van der Waals surface area contributed by atoms with Crippen molar-refractivity contribution in [2.45, 2.75) is 12.1 Å². The van der Waals surface area contributed by atoms with Gasteiger partial charge < -0.3 is 19.5 Å². The Morgan fingerprint density at radius 2 is 1.74 bits per heavy atom. The average Bonchev–Trinajstić information content (AvgIpc) is 3.32. The van der Waals surface area contributed by atoms with Crippen molar-refractivity contribution < 1.29 is 33.0 Å². The number of esters is 2. The molecule has 1 amide bonds. The van der Waals surface area contributed by atoms with Gasteiger partial charge >= 0.3 is 11.9 Å². The summed E-state index contributed by atoms with van der Waals surface area (Å²) in [6.45, 7) is 2.11. The summed E-state index contributed by atoms with van der Waals surface area (Å²) >= 11 is 1.04. The minimum absolute atomic E-state index is 0.0645. The molecule has 178 valence electrons. The van der Waals surface area contributed by atoms with E-state index in [9.17, 15) is 18.8 Å². The molecular weight excluding hydrogens is 467 g/mol. The van der Waals surface area contributed by atoms with Crippen LogP contribution >= 0.6 is 11.8 Å². The Balaban J connectivity index is 1.66. The fourth-order valence-electron chi connectivity index (χ4n) is 2.86. The second kappa shape index (κ2) is 11.3. The van der Waals surface area contributed by atoms with Crippen molar-refractivity contribution in [3.8, 4) is 17.1 Å². The van der Waals surface area contributed by atoms with Crippen LogP contribution in [0.2, 0.25) is 0 Å². The summed E-state index contributed by atoms with van der Waals surface area (Å²) in [4.78, 5) is 40.4. The van der Waals surface area contributed by atoms with Gasteiger partial charge in [-0.15, -0.1) is 5.10 Å². The van der Waals surface area contributed by atoms with E-state index in [-0.39, 0.29) is 33.5 Å². The van der Waals surface area contributed by atoms with Gasteiger partial charge in [0.05, 0.1) is 37.7 Å². The number of benzene rings is 2. The average molecular weight is 488 g/mol. The maximum absolute atomic E-state index is 14.1. The van der Waals surface area contributed by atoms with E-state index >= 15 is 0 Å². The van der Waals surface area contributed by atoms with Crippen molar-refractivity contribution in [1.82, 2.24) is 15.2 Å². The number of anilines is 1. The van der Waals surface area contributed by atoms with Crippen LogP contribution in [0.5, 0.6) is 5.75 Å². The molecule has 0 spiro atoms. The van der Waals surface area contributed by atoms with Crippen LogP contribution in [0.15, 0.2) is 41.6 Å². The quantitative estimate of drug-likeness (QED) is 0.344. The van der Waals surface area contributed by atoms with E-state index in [1.165, 1.54) is 44.6 Å². The summed E-state index contributed by atoms with van der Waals surface area (Å²) in [7, 11) is 2.41. The number of rotatable bonds is 9. The van der Waals surface area contributed by atoms with Gasteiger partial charge in [-0.1, -0.05) is 11.8 Å². The van der Waals surface area contributed by atoms with Crippen molar-refractivity contribution in [1.29, 1.82) is 0 Å². The molecule has 0 aliphatic rings. The van der Waals surface area contributed by atoms with E-state index in [0.717, 1.165) is 11.8 Å². The number of amides is 1. The summed E-state index contributed by atoms with van der Waals surface area (Å²) < 4.78 is 28.6. The van der Waals surface area contributed by atoms with Gasteiger partial charge in [-0.05, 0) is 43.3 Å². The molecule has 1 heterocycles. The third-order valence-electron chi connectivity index (χ3n) is 4.36. The Kier molecular flexibility index (Phi) is 8.19. The van der Waals surface area contributed by atoms with Crippen LogP contribution in [0.3, 0.4) is 0 Å². The van der Waals surface area contributed by atoms with Crippen LogP contribution in [0.1, 0.15) is 27.6 Å². The predicted molar refractivity (Wildman–Crippen MR) is 121 cm³/mol. The monoisotopic (exact) mass is 488 g/mol. The van der Waals surface area contributed by atoms with Crippen LogP contribution in [0.4, 0.5) is 10.1 Å². The van der Waals surface area contributed by atoms with Gasteiger partial charge in [0.1, 0.15) is 0 Å². The summed E-state index contributed by atoms with van der Waals surface area (Å²) in [6, 6.07) is 8.49. The maximum atomic E-state index is 14.1. The largest absolute Gasteiger partial charge is 0.491 e. The van der Waals surface area contributed by atoms with Crippen molar-refractivity contribution in [2.24, 2.45) is 0 Å². The second-order valence-electron chi connectivity index (χ2n) is 6.66. The van der Waals surface area contributed by atoms with Gasteiger partial charge in [0.2, 0.25) is 11.1 Å². The van der Waals surface area contributed by atoms with Crippen LogP contribution in [-0.2, 0) is 14.3 Å². The molecule has 0 aliphatic carbocycles. The zero-order valence-electron chi connectivity index (χ0n) is 18.5. The van der Waals surface area contributed by atoms with Gasteiger partial charge in [-0.25, -0.2) is 19.0 Å². The van der Waals surface area contributed by atoms with Gasteiger partial charge in [0.15, 0.2) is 17.4 Å². The number of carbonyl (C=O) groups excluding carboxylic acids is 3. The normalized spacial score (nSPS) is 10.5. The van der Waals surface area contributed by atoms with Gasteiger partial charge in [0.25, 0.3) is 0 Å². The van der Waals surface area contributed by atoms with E-state index in [1.54, 1.807) is 13.0 Å². The lowest BCUT2D eigenvalue weighted by Crippen LogP contribution is -2.16. The minimum atomic E-state index is -0.672. The fourth-order valence-corrected chi connectivity index (χ4v) is 3.46. The number of ether oxygens (including phenoxy) is 3. The molecule has 12 heteroatoms. The molecule has 3 aromatic rings. The molecular formula is C22H21FN4O6S. The van der Waals surface area contributed by atoms with Crippen LogP contribution in [0.25, 0.3) is 11.4 Å². The highest BCUT2D eigenvalue weighted by Crippen LogP contribution is 2.25. The molecule has 0 bridgehead atoms. The number of hydrogen-bond acceptors (Lipinski definition) is 9. The van der Waals surface area contributed by atoms with Crippen LogP contribution < -0.4 is 10.1 Å². The molecule has 3 rings (SSSR count). The van der Waals surface area contributed by atoms with Crippen molar-refractivity contribution >= 4 is 35.3 Å². The molecule has 0 radical (unpaired) electrons. The lowest BCUT2D eigenvalue weighted by Gasteiger charge is -2.09. The maximum Gasteiger partial charge on any atom is 0.337 e. The van der Waals surface area contributed by atoms with Gasteiger partial charge in [0, 0.05) is 11.3 Å². The number of methoxy groups -OCH3 is 2. The summed E-state index contributed by atoms with van der Waals surface area (Å²) in [5.41, 5.74) is 0.846. The number of aromatic nitrogens is 3. The molecule has 0 aliphatic heterocycles. The molecule has 0 saturated carbocycles. The lowest BCUT2D eigenvalue weighted by atomic mass is 10.1. The minimum Gasteiger partial charge on any atom is -0.491 e. The zero-order valence-corrected chi connectivity index (χ0v) is 19.3. The van der Waals surface area contributed by atoms with E-state index in [0.29, 0.717) is 18.0 Å². The topological polar surface area (TPSA) is 132 Å². The Hall–Kier alpha value is -3.93. The molecule has 10 nitrogen and oxygen atoms in total. The number of nitrogens with one attached hydrogen (secondary N) is 2. The van der Waals surface area contributed by atoms with Crippen molar-refractivity contribution in [3.63, 3.8) is 0 Å². The summed E-state index contributed by atoms with van der Waals surface area (Å²) in [6.07, 6.45) is 0. The number of halogens is 1. The fraction of sp³-hybridized carbons (Fsp3) is 0.227. The van der Waals surface area contributed by atoms with Crippen LogP contribution in [0, 0.1) is 5.82 Å². The molecule has 0 fully saturated rings. The molecule has 0 atom stereocenters. The zero-order chi connectivity index (χ0) is 24.7. The molecule has 2 N–H and O–H groups in total. The standard InChI is InChI=1S/C22H21FN4O6S/c1-4-33-17-6-5-12(10-16(17)23)19-25-22(27-26-19)34-11-18(28)24-15-8-13(20(29)31-2)7-14(9-15)21(30)32-3/h5-10H,4,11H2,1-3H3,(H,24,28)(H,25,26,27).